The number of nitriles is 1. The molecule has 0 radical (unpaired) electrons. The van der Waals surface area contributed by atoms with E-state index in [-0.39, 0.29) is 11.7 Å². The van der Waals surface area contributed by atoms with Gasteiger partial charge in [0.1, 0.15) is 17.6 Å². The Morgan fingerprint density at radius 1 is 1.21 bits per heavy atom. The average Bonchev–Trinajstić information content (AvgIpc) is 3.16. The summed E-state index contributed by atoms with van der Waals surface area (Å²) in [6.07, 6.45) is 6.78. The number of nitrogens with two attached hydrogens (primary N) is 1. The van der Waals surface area contributed by atoms with Gasteiger partial charge in [0.2, 0.25) is 0 Å². The topological polar surface area (TPSA) is 148 Å². The largest absolute Gasteiger partial charge is 0.494 e. The van der Waals surface area contributed by atoms with Crippen LogP contribution in [0.15, 0.2) is 30.9 Å². The number of rotatable bonds is 8. The summed E-state index contributed by atoms with van der Waals surface area (Å²) < 4.78 is 11.3. The van der Waals surface area contributed by atoms with Gasteiger partial charge in [-0.25, -0.2) is 9.97 Å². The second-order valence-electron chi connectivity index (χ2n) is 6.02. The van der Waals surface area contributed by atoms with Crippen LogP contribution >= 0.6 is 0 Å². The monoisotopic (exact) mass is 380 g/mol. The van der Waals surface area contributed by atoms with Crippen LogP contribution in [-0.4, -0.2) is 44.9 Å². The van der Waals surface area contributed by atoms with Crippen molar-refractivity contribution in [2.45, 2.75) is 19.4 Å². The zero-order valence-electron chi connectivity index (χ0n) is 15.5. The second kappa shape index (κ2) is 8.79. The molecule has 3 rings (SSSR count). The van der Waals surface area contributed by atoms with E-state index in [1.807, 2.05) is 13.0 Å². The van der Waals surface area contributed by atoms with Crippen molar-refractivity contribution in [3.05, 3.63) is 36.5 Å². The molecule has 0 amide bonds. The quantitative estimate of drug-likeness (QED) is 0.533. The molecule has 0 saturated carbocycles. The Bertz CT molecular complexity index is 962. The number of pyridine rings is 1. The molecule has 3 aromatic rings. The Labute approximate surface area is 161 Å². The molecule has 4 N–H and O–H groups in total. The van der Waals surface area contributed by atoms with Gasteiger partial charge in [-0.3, -0.25) is 10.1 Å². The number of anilines is 2. The number of hydrogen-bond donors (Lipinski definition) is 3. The fourth-order valence-electron chi connectivity index (χ4n) is 2.40. The molecule has 0 aliphatic carbocycles. The van der Waals surface area contributed by atoms with Crippen molar-refractivity contribution in [2.75, 3.05) is 19.0 Å². The summed E-state index contributed by atoms with van der Waals surface area (Å²) in [4.78, 5) is 12.2. The summed E-state index contributed by atoms with van der Waals surface area (Å²) in [5.74, 6) is 2.10. The van der Waals surface area contributed by atoms with E-state index < -0.39 is 0 Å². The Kier molecular flexibility index (Phi) is 5.98. The minimum atomic E-state index is 0.0403. The summed E-state index contributed by atoms with van der Waals surface area (Å²) in [6, 6.07) is 3.75. The zero-order valence-corrected chi connectivity index (χ0v) is 15.5. The van der Waals surface area contributed by atoms with Crippen LogP contribution in [0.5, 0.6) is 11.5 Å². The van der Waals surface area contributed by atoms with Gasteiger partial charge in [-0.05, 0) is 13.3 Å². The summed E-state index contributed by atoms with van der Waals surface area (Å²) in [6.45, 7) is 2.38. The zero-order chi connectivity index (χ0) is 19.9. The highest BCUT2D eigenvalue weighted by molar-refractivity contribution is 5.75. The average molecular weight is 380 g/mol. The molecule has 0 aromatic carbocycles. The molecule has 0 unspecified atom stereocenters. The molecular weight excluding hydrogens is 360 g/mol. The van der Waals surface area contributed by atoms with Gasteiger partial charge in [0.15, 0.2) is 17.3 Å². The van der Waals surface area contributed by atoms with E-state index in [9.17, 15) is 0 Å². The molecule has 0 aliphatic heterocycles. The number of H-pyrrole nitrogens is 1. The van der Waals surface area contributed by atoms with Crippen molar-refractivity contribution in [2.24, 2.45) is 5.73 Å². The third-order valence-electron chi connectivity index (χ3n) is 3.80. The Balaban J connectivity index is 1.83. The number of nitrogens with one attached hydrogen (secondary N) is 2. The van der Waals surface area contributed by atoms with E-state index >= 15 is 0 Å². The number of ether oxygens (including phenoxy) is 2. The summed E-state index contributed by atoms with van der Waals surface area (Å²) in [7, 11) is 1.56. The van der Waals surface area contributed by atoms with Crippen LogP contribution in [0.3, 0.4) is 0 Å². The number of methoxy groups -OCH3 is 1. The van der Waals surface area contributed by atoms with Crippen LogP contribution < -0.4 is 20.5 Å². The van der Waals surface area contributed by atoms with Crippen LogP contribution in [0.1, 0.15) is 19.0 Å². The first-order chi connectivity index (χ1) is 13.6. The first-order valence-electron chi connectivity index (χ1n) is 8.56. The van der Waals surface area contributed by atoms with Gasteiger partial charge < -0.3 is 20.5 Å². The smallest absolute Gasteiger partial charge is 0.158 e. The lowest BCUT2D eigenvalue weighted by atomic mass is 10.1. The maximum atomic E-state index is 8.79. The molecule has 3 aromatic heterocycles. The van der Waals surface area contributed by atoms with E-state index in [1.54, 1.807) is 25.6 Å². The molecule has 1 atom stereocenters. The fraction of sp³-hybridized carbons (Fsp3) is 0.278. The number of nitrogens with zero attached hydrogens (tertiary/aromatic N) is 5. The van der Waals surface area contributed by atoms with Gasteiger partial charge in [0.25, 0.3) is 0 Å². The van der Waals surface area contributed by atoms with E-state index in [0.29, 0.717) is 47.4 Å². The predicted molar refractivity (Wildman–Crippen MR) is 102 cm³/mol. The molecule has 28 heavy (non-hydrogen) atoms. The first kappa shape index (κ1) is 19.1. The van der Waals surface area contributed by atoms with Gasteiger partial charge in [0.05, 0.1) is 49.8 Å². The number of hydrogen-bond acceptors (Lipinski definition) is 9. The summed E-state index contributed by atoms with van der Waals surface area (Å²) in [5, 5.41) is 19.0. The Hall–Kier alpha value is -3.71. The normalized spacial score (nSPS) is 11.5. The van der Waals surface area contributed by atoms with Crippen molar-refractivity contribution >= 4 is 11.6 Å². The van der Waals surface area contributed by atoms with Crippen molar-refractivity contribution in [1.82, 2.24) is 25.1 Å². The molecule has 0 aliphatic rings. The van der Waals surface area contributed by atoms with Crippen LogP contribution in [-0.2, 0) is 0 Å². The van der Waals surface area contributed by atoms with E-state index in [0.717, 1.165) is 0 Å². The molecule has 144 valence electrons. The molecule has 0 spiro atoms. The van der Waals surface area contributed by atoms with Crippen LogP contribution in [0.25, 0.3) is 11.3 Å². The Morgan fingerprint density at radius 3 is 2.71 bits per heavy atom. The lowest BCUT2D eigenvalue weighted by Gasteiger charge is -2.13. The maximum Gasteiger partial charge on any atom is 0.158 e. The van der Waals surface area contributed by atoms with E-state index in [1.165, 1.54) is 12.4 Å². The molecule has 3 heterocycles. The van der Waals surface area contributed by atoms with Gasteiger partial charge in [-0.1, -0.05) is 0 Å². The number of aromatic amines is 1. The second-order valence-corrected chi connectivity index (χ2v) is 6.02. The third kappa shape index (κ3) is 4.52. The molecule has 0 fully saturated rings. The fourth-order valence-corrected chi connectivity index (χ4v) is 2.40. The molecule has 0 saturated heterocycles. The van der Waals surface area contributed by atoms with Crippen molar-refractivity contribution in [3.8, 4) is 28.8 Å². The summed E-state index contributed by atoms with van der Waals surface area (Å²) in [5.41, 5.74) is 7.40. The predicted octanol–water partition coefficient (Wildman–Crippen LogP) is 2.00. The highest BCUT2D eigenvalue weighted by Crippen LogP contribution is 2.37. The van der Waals surface area contributed by atoms with Gasteiger partial charge in [-0.15, -0.1) is 0 Å². The maximum absolute atomic E-state index is 8.79. The Morgan fingerprint density at radius 2 is 2.04 bits per heavy atom. The lowest BCUT2D eigenvalue weighted by Crippen LogP contribution is -2.18. The van der Waals surface area contributed by atoms with Crippen LogP contribution in [0, 0.1) is 11.3 Å². The summed E-state index contributed by atoms with van der Waals surface area (Å²) >= 11 is 0. The van der Waals surface area contributed by atoms with E-state index in [2.05, 4.69) is 30.5 Å². The van der Waals surface area contributed by atoms with Gasteiger partial charge in [0, 0.05) is 12.1 Å². The van der Waals surface area contributed by atoms with Crippen molar-refractivity contribution in [1.29, 1.82) is 5.26 Å². The van der Waals surface area contributed by atoms with E-state index in [4.69, 9.17) is 20.5 Å². The molecule has 10 heteroatoms. The number of aromatic nitrogens is 5. The first-order valence-corrected chi connectivity index (χ1v) is 8.56. The minimum absolute atomic E-state index is 0.0403. The van der Waals surface area contributed by atoms with Crippen LogP contribution in [0.4, 0.5) is 11.6 Å². The molecule has 0 bridgehead atoms. The van der Waals surface area contributed by atoms with Gasteiger partial charge >= 0.3 is 0 Å². The standard InChI is InChI=1S/C18H20N8O2/c1-11(20)3-4-28-15-9-21-8-14(27-2)18(15)13-5-16(26-25-13)24-17-10-22-12(6-19)7-23-17/h5,7-11H,3-4,20H2,1-2H3,(H2,23,24,25,26)/t11-/m1/s1. The van der Waals surface area contributed by atoms with Crippen LogP contribution in [0.2, 0.25) is 0 Å². The van der Waals surface area contributed by atoms with Crippen molar-refractivity contribution in [3.63, 3.8) is 0 Å². The highest BCUT2D eigenvalue weighted by atomic mass is 16.5. The minimum Gasteiger partial charge on any atom is -0.494 e. The van der Waals surface area contributed by atoms with Gasteiger partial charge in [-0.2, -0.15) is 10.4 Å². The molecule has 10 nitrogen and oxygen atoms in total. The lowest BCUT2D eigenvalue weighted by molar-refractivity contribution is 0.299. The molecular formula is C18H20N8O2. The SMILES string of the molecule is COc1cncc(OCC[C@@H](C)N)c1-c1cc(Nc2cnc(C#N)cn2)n[nH]1. The van der Waals surface area contributed by atoms with Crippen molar-refractivity contribution < 1.29 is 9.47 Å². The third-order valence-corrected chi connectivity index (χ3v) is 3.80. The highest BCUT2D eigenvalue weighted by Gasteiger charge is 2.17.